The number of carboxylic acid groups (broad SMARTS) is 1. The molecule has 0 aliphatic heterocycles. The van der Waals surface area contributed by atoms with Crippen LogP contribution in [0.1, 0.15) is 30.1 Å². The molecule has 114 valence electrons. The molecule has 1 unspecified atom stereocenters. The molecule has 0 aliphatic carbocycles. The molecule has 0 aliphatic rings. The van der Waals surface area contributed by atoms with Crippen LogP contribution in [-0.4, -0.2) is 25.5 Å². The highest BCUT2D eigenvalue weighted by Crippen LogP contribution is 2.24. The summed E-state index contributed by atoms with van der Waals surface area (Å²) in [6.07, 6.45) is 5.65. The van der Waals surface area contributed by atoms with E-state index >= 15 is 0 Å². The van der Waals surface area contributed by atoms with Crippen molar-refractivity contribution >= 4 is 27.6 Å². The quantitative estimate of drug-likeness (QED) is 0.782. The Morgan fingerprint density at radius 1 is 1.57 bits per heavy atom. The number of hydrogen-bond acceptors (Lipinski definition) is 3. The van der Waals surface area contributed by atoms with Crippen LogP contribution in [0.3, 0.4) is 0 Å². The summed E-state index contributed by atoms with van der Waals surface area (Å²) in [5.41, 5.74) is -0.812. The number of terminal acetylenes is 1. The molecular weight excluding hydrogens is 321 g/mol. The fourth-order valence-electron chi connectivity index (χ4n) is 1.61. The van der Waals surface area contributed by atoms with Crippen molar-refractivity contribution < 1.29 is 22.7 Å². The Morgan fingerprint density at radius 3 is 2.67 bits per heavy atom. The van der Waals surface area contributed by atoms with Gasteiger partial charge in [0.25, 0.3) is 0 Å². The van der Waals surface area contributed by atoms with Crippen LogP contribution >= 0.6 is 11.6 Å². The molecule has 1 aromatic rings. The molecule has 1 rings (SSSR count). The number of hydrogen-bond donors (Lipinski definition) is 2. The van der Waals surface area contributed by atoms with Crippen LogP contribution in [0.5, 0.6) is 0 Å². The van der Waals surface area contributed by atoms with E-state index in [2.05, 4.69) is 10.6 Å². The third-order valence-electron chi connectivity index (χ3n) is 2.70. The minimum Gasteiger partial charge on any atom is -0.478 e. The van der Waals surface area contributed by atoms with Crippen LogP contribution in [0, 0.1) is 18.2 Å². The average molecular weight is 334 g/mol. The molecule has 1 atom stereocenters. The second-order valence-corrected chi connectivity index (χ2v) is 6.32. The van der Waals surface area contributed by atoms with E-state index in [0.717, 1.165) is 12.1 Å². The third-order valence-corrected chi connectivity index (χ3v) is 4.44. The molecular formula is C13H13ClFNO4S. The largest absolute Gasteiger partial charge is 0.478 e. The van der Waals surface area contributed by atoms with E-state index in [-0.39, 0.29) is 11.4 Å². The first-order valence-electron chi connectivity index (χ1n) is 5.91. The van der Waals surface area contributed by atoms with E-state index in [4.69, 9.17) is 23.1 Å². The van der Waals surface area contributed by atoms with E-state index in [1.165, 1.54) is 0 Å². The summed E-state index contributed by atoms with van der Waals surface area (Å²) in [6.45, 7) is 1.71. The van der Waals surface area contributed by atoms with Gasteiger partial charge in [0.2, 0.25) is 10.0 Å². The highest BCUT2D eigenvalue weighted by atomic mass is 35.5. The number of carbonyl (C=O) groups is 1. The Bertz CT molecular complexity index is 697. The fraction of sp³-hybridized carbons (Fsp3) is 0.308. The Morgan fingerprint density at radius 2 is 2.19 bits per heavy atom. The zero-order chi connectivity index (χ0) is 16.2. The molecule has 0 spiro atoms. The van der Waals surface area contributed by atoms with Gasteiger partial charge in [-0.05, 0) is 18.6 Å². The molecule has 0 heterocycles. The van der Waals surface area contributed by atoms with Gasteiger partial charge in [0.05, 0.1) is 5.56 Å². The summed E-state index contributed by atoms with van der Waals surface area (Å²) in [6, 6.07) is 1.12. The van der Waals surface area contributed by atoms with Crippen molar-refractivity contribution in [2.75, 3.05) is 0 Å². The van der Waals surface area contributed by atoms with Gasteiger partial charge in [-0.25, -0.2) is 22.3 Å². The Labute approximate surface area is 127 Å². The van der Waals surface area contributed by atoms with Crippen LogP contribution < -0.4 is 4.72 Å². The number of carboxylic acids is 1. The average Bonchev–Trinajstić information content (AvgIpc) is 2.39. The lowest BCUT2D eigenvalue weighted by atomic mass is 10.2. The maximum atomic E-state index is 14.0. The summed E-state index contributed by atoms with van der Waals surface area (Å²) in [5, 5.41) is 8.66. The predicted octanol–water partition coefficient (Wildman–Crippen LogP) is 2.26. The van der Waals surface area contributed by atoms with Crippen LogP contribution in [0.4, 0.5) is 4.39 Å². The lowest BCUT2D eigenvalue weighted by Crippen LogP contribution is -2.34. The second kappa shape index (κ2) is 6.89. The van der Waals surface area contributed by atoms with E-state index in [0.29, 0.717) is 6.42 Å². The van der Waals surface area contributed by atoms with Crippen molar-refractivity contribution in [1.29, 1.82) is 0 Å². The number of halogens is 2. The van der Waals surface area contributed by atoms with Crippen molar-refractivity contribution in [3.05, 3.63) is 28.5 Å². The van der Waals surface area contributed by atoms with Crippen molar-refractivity contribution in [3.63, 3.8) is 0 Å². The van der Waals surface area contributed by atoms with Gasteiger partial charge in [0, 0.05) is 17.5 Å². The number of nitrogens with one attached hydrogen (secondary N) is 1. The van der Waals surface area contributed by atoms with Gasteiger partial charge in [-0.15, -0.1) is 12.3 Å². The molecule has 0 bridgehead atoms. The van der Waals surface area contributed by atoms with Gasteiger partial charge in [0.15, 0.2) is 5.82 Å². The number of sulfonamides is 1. The molecule has 0 radical (unpaired) electrons. The van der Waals surface area contributed by atoms with Crippen molar-refractivity contribution in [2.45, 2.75) is 30.7 Å². The van der Waals surface area contributed by atoms with Crippen LogP contribution in [-0.2, 0) is 10.0 Å². The van der Waals surface area contributed by atoms with E-state index in [1.54, 1.807) is 6.92 Å². The first-order chi connectivity index (χ1) is 9.72. The number of aromatic carboxylic acids is 1. The monoisotopic (exact) mass is 333 g/mol. The molecule has 21 heavy (non-hydrogen) atoms. The minimum absolute atomic E-state index is 0.129. The first kappa shape index (κ1) is 17.4. The summed E-state index contributed by atoms with van der Waals surface area (Å²) >= 11 is 5.65. The number of benzene rings is 1. The highest BCUT2D eigenvalue weighted by molar-refractivity contribution is 7.89. The first-order valence-corrected chi connectivity index (χ1v) is 7.77. The Hall–Kier alpha value is -1.62. The van der Waals surface area contributed by atoms with Crippen LogP contribution in [0.25, 0.3) is 0 Å². The van der Waals surface area contributed by atoms with Crippen LogP contribution in [0.15, 0.2) is 17.0 Å². The fourth-order valence-corrected chi connectivity index (χ4v) is 3.34. The van der Waals surface area contributed by atoms with Gasteiger partial charge < -0.3 is 5.11 Å². The molecule has 0 amide bonds. The molecule has 5 nitrogen and oxygen atoms in total. The van der Waals surface area contributed by atoms with Crippen molar-refractivity contribution in [1.82, 2.24) is 4.72 Å². The normalized spacial score (nSPS) is 12.7. The lowest BCUT2D eigenvalue weighted by molar-refractivity contribution is 0.0691. The molecule has 0 saturated carbocycles. The van der Waals surface area contributed by atoms with Gasteiger partial charge in [-0.3, -0.25) is 0 Å². The summed E-state index contributed by atoms with van der Waals surface area (Å²) in [7, 11) is -4.27. The molecule has 0 aromatic heterocycles. The minimum atomic E-state index is -4.27. The standard InChI is InChI=1S/C13H13ClFNO4S/c1-3-5-9(4-2)16-21(19,20)11-7-8(14)6-10(12(11)15)13(17)18/h1,6-7,9,16H,4-5H2,2H3,(H,17,18). The van der Waals surface area contributed by atoms with Crippen molar-refractivity contribution in [3.8, 4) is 12.3 Å². The molecule has 0 saturated heterocycles. The zero-order valence-corrected chi connectivity index (χ0v) is 12.6. The third kappa shape index (κ3) is 4.17. The van der Waals surface area contributed by atoms with Crippen LogP contribution in [0.2, 0.25) is 5.02 Å². The molecule has 1 aromatic carbocycles. The maximum Gasteiger partial charge on any atom is 0.338 e. The number of rotatable bonds is 6. The van der Waals surface area contributed by atoms with E-state index in [1.807, 2.05) is 0 Å². The Balaban J connectivity index is 3.32. The van der Waals surface area contributed by atoms with Gasteiger partial charge in [-0.1, -0.05) is 18.5 Å². The molecule has 2 N–H and O–H groups in total. The summed E-state index contributed by atoms with van der Waals surface area (Å²) in [4.78, 5) is 10.1. The maximum absolute atomic E-state index is 14.0. The summed E-state index contributed by atoms with van der Waals surface area (Å²) in [5.74, 6) is -0.667. The topological polar surface area (TPSA) is 83.5 Å². The lowest BCUT2D eigenvalue weighted by Gasteiger charge is -2.15. The van der Waals surface area contributed by atoms with Gasteiger partial charge >= 0.3 is 5.97 Å². The van der Waals surface area contributed by atoms with Gasteiger partial charge in [-0.2, -0.15) is 0 Å². The summed E-state index contributed by atoms with van der Waals surface area (Å²) < 4.78 is 40.6. The molecule has 0 fully saturated rings. The second-order valence-electron chi connectivity index (χ2n) is 4.21. The highest BCUT2D eigenvalue weighted by Gasteiger charge is 2.26. The molecule has 8 heteroatoms. The predicted molar refractivity (Wildman–Crippen MR) is 76.2 cm³/mol. The van der Waals surface area contributed by atoms with E-state index in [9.17, 15) is 17.6 Å². The van der Waals surface area contributed by atoms with Crippen molar-refractivity contribution in [2.24, 2.45) is 0 Å². The SMILES string of the molecule is C#CCC(CC)NS(=O)(=O)c1cc(Cl)cc(C(=O)O)c1F. The smallest absolute Gasteiger partial charge is 0.338 e. The van der Waals surface area contributed by atoms with E-state index < -0.39 is 38.3 Å². The zero-order valence-electron chi connectivity index (χ0n) is 11.1. The van der Waals surface area contributed by atoms with Gasteiger partial charge in [0.1, 0.15) is 4.90 Å². The Kier molecular flexibility index (Phi) is 5.72.